The molecule has 0 radical (unpaired) electrons. The first-order chi connectivity index (χ1) is 13.4. The second-order valence-corrected chi connectivity index (χ2v) is 6.87. The number of nitrogens with one attached hydrogen (secondary N) is 1. The van der Waals surface area contributed by atoms with Crippen molar-refractivity contribution in [2.75, 3.05) is 11.9 Å². The van der Waals surface area contributed by atoms with E-state index in [-0.39, 0.29) is 18.1 Å². The highest BCUT2D eigenvalue weighted by Gasteiger charge is 2.30. The molecule has 1 aliphatic rings. The van der Waals surface area contributed by atoms with Crippen molar-refractivity contribution in [3.05, 3.63) is 47.0 Å². The maximum absolute atomic E-state index is 12.7. The summed E-state index contributed by atoms with van der Waals surface area (Å²) in [6.45, 7) is 0.954. The number of benzene rings is 1. The first-order valence-corrected chi connectivity index (χ1v) is 9.21. The van der Waals surface area contributed by atoms with Crippen LogP contribution >= 0.6 is 11.6 Å². The van der Waals surface area contributed by atoms with E-state index < -0.39 is 11.7 Å². The fourth-order valence-corrected chi connectivity index (χ4v) is 3.33. The van der Waals surface area contributed by atoms with Crippen molar-refractivity contribution in [3.63, 3.8) is 0 Å². The molecule has 1 N–H and O–H groups in total. The summed E-state index contributed by atoms with van der Waals surface area (Å²) >= 11 is 6.08. The Morgan fingerprint density at radius 2 is 1.96 bits per heavy atom. The normalized spacial score (nSPS) is 17.8. The van der Waals surface area contributed by atoms with Crippen LogP contribution in [0.5, 0.6) is 0 Å². The van der Waals surface area contributed by atoms with E-state index >= 15 is 0 Å². The van der Waals surface area contributed by atoms with Gasteiger partial charge in [-0.05, 0) is 48.6 Å². The molecule has 0 bridgehead atoms. The van der Waals surface area contributed by atoms with Gasteiger partial charge in [0.15, 0.2) is 17.0 Å². The van der Waals surface area contributed by atoms with Gasteiger partial charge in [-0.15, -0.1) is 0 Å². The third-order valence-corrected chi connectivity index (χ3v) is 4.77. The lowest BCUT2D eigenvalue weighted by Gasteiger charge is -2.23. The molecule has 1 aromatic carbocycles. The van der Waals surface area contributed by atoms with Crippen LogP contribution in [0, 0.1) is 0 Å². The summed E-state index contributed by atoms with van der Waals surface area (Å²) in [7, 11) is 0. The molecule has 148 valence electrons. The molecule has 3 aromatic rings. The number of rotatable bonds is 4. The summed E-state index contributed by atoms with van der Waals surface area (Å²) in [4.78, 5) is 12.8. The van der Waals surface area contributed by atoms with Gasteiger partial charge >= 0.3 is 6.18 Å². The minimum Gasteiger partial charge on any atom is -0.364 e. The summed E-state index contributed by atoms with van der Waals surface area (Å²) in [5, 5.41) is 3.14. The van der Waals surface area contributed by atoms with Crippen molar-refractivity contribution in [1.29, 1.82) is 0 Å². The van der Waals surface area contributed by atoms with E-state index in [0.717, 1.165) is 31.4 Å². The van der Waals surface area contributed by atoms with Crippen LogP contribution in [0.3, 0.4) is 0 Å². The number of aromatic nitrogens is 4. The number of imidazole rings is 1. The molecule has 28 heavy (non-hydrogen) atoms. The van der Waals surface area contributed by atoms with Gasteiger partial charge in [-0.2, -0.15) is 23.1 Å². The summed E-state index contributed by atoms with van der Waals surface area (Å²) in [5.41, 5.74) is 1.08. The van der Waals surface area contributed by atoms with Crippen LogP contribution in [0.25, 0.3) is 11.2 Å². The summed E-state index contributed by atoms with van der Waals surface area (Å²) in [6, 6.07) is 4.94. The first kappa shape index (κ1) is 18.9. The van der Waals surface area contributed by atoms with Crippen LogP contribution in [-0.2, 0) is 17.5 Å². The van der Waals surface area contributed by atoms with Crippen LogP contribution in [0.15, 0.2) is 30.6 Å². The zero-order valence-corrected chi connectivity index (χ0v) is 15.5. The molecule has 1 saturated heterocycles. The van der Waals surface area contributed by atoms with E-state index in [0.29, 0.717) is 29.2 Å². The van der Waals surface area contributed by atoms with Gasteiger partial charge in [0.25, 0.3) is 0 Å². The maximum Gasteiger partial charge on any atom is 0.416 e. The number of hydrogen-bond acceptors (Lipinski definition) is 5. The summed E-state index contributed by atoms with van der Waals surface area (Å²) < 4.78 is 45.7. The van der Waals surface area contributed by atoms with Gasteiger partial charge in [0, 0.05) is 13.2 Å². The fraction of sp³-hybridized carbons (Fsp3) is 0.389. The quantitative estimate of drug-likeness (QED) is 0.624. The van der Waals surface area contributed by atoms with Crippen LogP contribution < -0.4 is 5.32 Å². The van der Waals surface area contributed by atoms with Crippen LogP contribution in [0.1, 0.15) is 36.6 Å². The van der Waals surface area contributed by atoms with Gasteiger partial charge in [0.1, 0.15) is 6.23 Å². The Morgan fingerprint density at radius 3 is 2.64 bits per heavy atom. The highest BCUT2D eigenvalue weighted by atomic mass is 35.5. The molecule has 0 saturated carbocycles. The van der Waals surface area contributed by atoms with Crippen molar-refractivity contribution in [2.45, 2.75) is 38.2 Å². The zero-order chi connectivity index (χ0) is 19.7. The van der Waals surface area contributed by atoms with E-state index in [1.807, 2.05) is 4.57 Å². The van der Waals surface area contributed by atoms with Gasteiger partial charge < -0.3 is 10.1 Å². The monoisotopic (exact) mass is 411 g/mol. The highest BCUT2D eigenvalue weighted by Crippen LogP contribution is 2.30. The Bertz CT molecular complexity index is 968. The number of alkyl halides is 3. The molecule has 0 aliphatic carbocycles. The number of halogens is 4. The Hall–Kier alpha value is -2.39. The molecule has 0 amide bonds. The number of nitrogens with zero attached hydrogens (tertiary/aromatic N) is 4. The van der Waals surface area contributed by atoms with E-state index in [9.17, 15) is 13.2 Å². The van der Waals surface area contributed by atoms with E-state index in [1.165, 1.54) is 12.1 Å². The van der Waals surface area contributed by atoms with Gasteiger partial charge in [0.2, 0.25) is 5.28 Å². The lowest BCUT2D eigenvalue weighted by Crippen LogP contribution is -2.17. The highest BCUT2D eigenvalue weighted by molar-refractivity contribution is 6.28. The molecule has 1 fully saturated rings. The smallest absolute Gasteiger partial charge is 0.364 e. The Labute approximate surface area is 163 Å². The van der Waals surface area contributed by atoms with E-state index in [1.54, 1.807) is 6.33 Å². The van der Waals surface area contributed by atoms with Crippen molar-refractivity contribution in [1.82, 2.24) is 19.5 Å². The number of anilines is 1. The second-order valence-electron chi connectivity index (χ2n) is 6.53. The van der Waals surface area contributed by atoms with E-state index in [2.05, 4.69) is 20.3 Å². The Morgan fingerprint density at radius 1 is 1.18 bits per heavy atom. The average Bonchev–Trinajstić information content (AvgIpc) is 3.10. The van der Waals surface area contributed by atoms with Gasteiger partial charge in [-0.1, -0.05) is 12.1 Å². The SMILES string of the molecule is FC(F)(F)c1ccc(CNc2nc(Cl)nc3c2ncn3C2CCCCO2)cc1. The maximum atomic E-state index is 12.7. The molecular weight excluding hydrogens is 395 g/mol. The summed E-state index contributed by atoms with van der Waals surface area (Å²) in [5.74, 6) is 0.421. The van der Waals surface area contributed by atoms with Crippen molar-refractivity contribution < 1.29 is 17.9 Å². The predicted octanol–water partition coefficient (Wildman–Crippen LogP) is 4.81. The van der Waals surface area contributed by atoms with Gasteiger partial charge in [-0.3, -0.25) is 4.57 Å². The molecule has 4 rings (SSSR count). The fourth-order valence-electron chi connectivity index (χ4n) is 3.16. The Kier molecular flexibility index (Phi) is 5.11. The third kappa shape index (κ3) is 3.90. The number of ether oxygens (including phenoxy) is 1. The predicted molar refractivity (Wildman–Crippen MR) is 97.9 cm³/mol. The largest absolute Gasteiger partial charge is 0.416 e. The van der Waals surface area contributed by atoms with Gasteiger partial charge in [-0.25, -0.2) is 4.98 Å². The minimum absolute atomic E-state index is 0.0555. The van der Waals surface area contributed by atoms with Crippen molar-refractivity contribution >= 4 is 28.6 Å². The number of fused-ring (bicyclic) bond motifs is 1. The standard InChI is InChI=1S/C18H17ClF3N5O/c19-17-25-15(23-9-11-4-6-12(7-5-11)18(20,21)22)14-16(26-17)27(10-24-14)13-3-1-2-8-28-13/h4-7,10,13H,1-3,8-9H2,(H,23,25,26). The van der Waals surface area contributed by atoms with Crippen LogP contribution in [-0.4, -0.2) is 26.1 Å². The van der Waals surface area contributed by atoms with Gasteiger partial charge in [0.05, 0.1) is 11.9 Å². The van der Waals surface area contributed by atoms with Crippen LogP contribution in [0.2, 0.25) is 5.28 Å². The molecular formula is C18H17ClF3N5O. The number of hydrogen-bond donors (Lipinski definition) is 1. The lowest BCUT2D eigenvalue weighted by atomic mass is 10.1. The molecule has 10 heteroatoms. The second kappa shape index (κ2) is 7.56. The lowest BCUT2D eigenvalue weighted by molar-refractivity contribution is -0.137. The minimum atomic E-state index is -4.35. The molecule has 2 aromatic heterocycles. The average molecular weight is 412 g/mol. The van der Waals surface area contributed by atoms with Crippen molar-refractivity contribution in [2.24, 2.45) is 0 Å². The zero-order valence-electron chi connectivity index (χ0n) is 14.7. The molecule has 1 aliphatic heterocycles. The molecule has 1 unspecified atom stereocenters. The van der Waals surface area contributed by atoms with Crippen LogP contribution in [0.4, 0.5) is 19.0 Å². The van der Waals surface area contributed by atoms with Crippen molar-refractivity contribution in [3.8, 4) is 0 Å². The first-order valence-electron chi connectivity index (χ1n) is 8.83. The molecule has 3 heterocycles. The topological polar surface area (TPSA) is 64.9 Å². The molecule has 1 atom stereocenters. The Balaban J connectivity index is 1.56. The third-order valence-electron chi connectivity index (χ3n) is 4.60. The summed E-state index contributed by atoms with van der Waals surface area (Å²) in [6.07, 6.45) is 0.0939. The molecule has 6 nitrogen and oxygen atoms in total. The van der Waals surface area contributed by atoms with E-state index in [4.69, 9.17) is 16.3 Å². The molecule has 0 spiro atoms.